The topological polar surface area (TPSA) is 96.8 Å². The second-order valence-corrected chi connectivity index (χ2v) is 8.08. The van der Waals surface area contributed by atoms with Crippen LogP contribution >= 0.6 is 23.2 Å². The van der Waals surface area contributed by atoms with Gasteiger partial charge < -0.3 is 14.2 Å². The molecule has 0 atom stereocenters. The monoisotopic (exact) mass is 459 g/mol. The Morgan fingerprint density at radius 2 is 1.81 bits per heavy atom. The minimum absolute atomic E-state index is 0.188. The molecule has 3 aromatic rings. The lowest BCUT2D eigenvalue weighted by Gasteiger charge is -2.13. The van der Waals surface area contributed by atoms with Crippen LogP contribution in [0.15, 0.2) is 44.5 Å². The molecule has 0 spiro atoms. The van der Waals surface area contributed by atoms with Gasteiger partial charge in [0.15, 0.2) is 5.76 Å². The number of carbonyl (C=O) groups excluding carboxylic acids is 2. The molecule has 0 saturated heterocycles. The van der Waals surface area contributed by atoms with E-state index >= 15 is 0 Å². The molecular weight excluding hydrogens is 441 g/mol. The number of benzene rings is 1. The van der Waals surface area contributed by atoms with E-state index in [0.29, 0.717) is 56.9 Å². The van der Waals surface area contributed by atoms with E-state index in [0.717, 1.165) is 12.0 Å². The van der Waals surface area contributed by atoms with Gasteiger partial charge in [-0.3, -0.25) is 9.59 Å². The quantitative estimate of drug-likeness (QED) is 0.501. The van der Waals surface area contributed by atoms with E-state index in [2.05, 4.69) is 15.8 Å². The van der Waals surface area contributed by atoms with Crippen LogP contribution in [0.2, 0.25) is 10.0 Å². The highest BCUT2D eigenvalue weighted by Crippen LogP contribution is 2.31. The van der Waals surface area contributed by atoms with E-state index in [-0.39, 0.29) is 11.7 Å². The molecule has 2 amide bonds. The van der Waals surface area contributed by atoms with E-state index in [1.54, 1.807) is 38.1 Å². The third-order valence-electron chi connectivity index (χ3n) is 5.05. The molecule has 1 aliphatic carbocycles. The molecule has 9 heteroatoms. The normalized spacial score (nSPS) is 14.4. The summed E-state index contributed by atoms with van der Waals surface area (Å²) in [6, 6.07) is 6.37. The van der Waals surface area contributed by atoms with Gasteiger partial charge in [0.1, 0.15) is 11.5 Å². The van der Waals surface area contributed by atoms with Crippen molar-refractivity contribution in [3.8, 4) is 0 Å². The average molecular weight is 460 g/mol. The number of nitrogens with one attached hydrogen (secondary N) is 2. The summed E-state index contributed by atoms with van der Waals surface area (Å²) in [4.78, 5) is 25.2. The van der Waals surface area contributed by atoms with Crippen molar-refractivity contribution >= 4 is 46.4 Å². The number of hydrazone groups is 1. The first-order valence-electron chi connectivity index (χ1n) is 9.64. The van der Waals surface area contributed by atoms with Gasteiger partial charge in [-0.2, -0.15) is 5.10 Å². The molecule has 0 fully saturated rings. The predicted octanol–water partition coefficient (Wildman–Crippen LogP) is 5.52. The lowest BCUT2D eigenvalue weighted by Crippen LogP contribution is -2.22. The lowest BCUT2D eigenvalue weighted by molar-refractivity contribution is 0.0952. The van der Waals surface area contributed by atoms with E-state index in [4.69, 9.17) is 32.0 Å². The van der Waals surface area contributed by atoms with Crippen LogP contribution in [0.25, 0.3) is 0 Å². The Kier molecular flexibility index (Phi) is 5.89. The van der Waals surface area contributed by atoms with Gasteiger partial charge in [-0.1, -0.05) is 23.2 Å². The molecule has 0 aliphatic heterocycles. The van der Waals surface area contributed by atoms with Gasteiger partial charge in [0.2, 0.25) is 0 Å². The van der Waals surface area contributed by atoms with Gasteiger partial charge >= 0.3 is 0 Å². The van der Waals surface area contributed by atoms with Crippen molar-refractivity contribution in [2.75, 3.05) is 5.32 Å². The van der Waals surface area contributed by atoms with Crippen molar-refractivity contribution < 1.29 is 18.4 Å². The number of halogens is 2. The number of rotatable bonds is 4. The largest absolute Gasteiger partial charge is 0.469 e. The second-order valence-electron chi connectivity index (χ2n) is 7.21. The average Bonchev–Trinajstić information content (AvgIpc) is 3.29. The van der Waals surface area contributed by atoms with Crippen LogP contribution in [-0.2, 0) is 6.42 Å². The minimum Gasteiger partial charge on any atom is -0.469 e. The van der Waals surface area contributed by atoms with Crippen molar-refractivity contribution in [2.24, 2.45) is 5.10 Å². The van der Waals surface area contributed by atoms with Crippen LogP contribution in [0.3, 0.4) is 0 Å². The fourth-order valence-corrected chi connectivity index (χ4v) is 4.14. The number of hydrogen-bond acceptors (Lipinski definition) is 5. The molecule has 0 radical (unpaired) electrons. The summed E-state index contributed by atoms with van der Waals surface area (Å²) < 4.78 is 11.0. The first-order chi connectivity index (χ1) is 14.8. The molecule has 31 heavy (non-hydrogen) atoms. The minimum atomic E-state index is -0.414. The Labute approximate surface area is 188 Å². The first kappa shape index (κ1) is 21.2. The van der Waals surface area contributed by atoms with Crippen LogP contribution in [0.1, 0.15) is 56.4 Å². The molecular formula is C22H19Cl2N3O4. The van der Waals surface area contributed by atoms with Gasteiger partial charge in [-0.25, -0.2) is 5.43 Å². The van der Waals surface area contributed by atoms with Crippen molar-refractivity contribution in [1.82, 2.24) is 5.43 Å². The van der Waals surface area contributed by atoms with Gasteiger partial charge in [-0.15, -0.1) is 0 Å². The Bertz CT molecular complexity index is 1190. The zero-order valence-electron chi connectivity index (χ0n) is 16.8. The molecule has 0 bridgehead atoms. The molecule has 0 unspecified atom stereocenters. The number of fused-ring (bicyclic) bond motifs is 1. The van der Waals surface area contributed by atoms with Crippen LogP contribution in [-0.4, -0.2) is 17.5 Å². The van der Waals surface area contributed by atoms with Crippen LogP contribution in [0.5, 0.6) is 0 Å². The van der Waals surface area contributed by atoms with Crippen molar-refractivity contribution in [2.45, 2.75) is 33.1 Å². The Morgan fingerprint density at radius 1 is 1.06 bits per heavy atom. The van der Waals surface area contributed by atoms with E-state index in [1.165, 1.54) is 6.26 Å². The molecule has 4 rings (SSSR count). The van der Waals surface area contributed by atoms with E-state index in [9.17, 15) is 9.59 Å². The molecule has 2 aromatic heterocycles. The Hall–Kier alpha value is -3.03. The standard InChI is InChI=1S/C22H19Cl2N3O4/c1-11-19-17(26-27-21(28)16-6-7-30-12(16)2)4-3-5-18(19)31-20(11)22(29)25-15-9-13(23)8-14(24)10-15/h6-10H,3-5H2,1-2H3,(H,25,29)(H,27,28)/b26-17+. The summed E-state index contributed by atoms with van der Waals surface area (Å²) in [5.41, 5.74) is 5.54. The molecule has 7 nitrogen and oxygen atoms in total. The second kappa shape index (κ2) is 8.61. The third kappa shape index (κ3) is 4.38. The number of hydrogen-bond donors (Lipinski definition) is 2. The highest BCUT2D eigenvalue weighted by atomic mass is 35.5. The fourth-order valence-electron chi connectivity index (χ4n) is 3.61. The Morgan fingerprint density at radius 3 is 2.48 bits per heavy atom. The summed E-state index contributed by atoms with van der Waals surface area (Å²) in [6.07, 6.45) is 3.59. The summed E-state index contributed by atoms with van der Waals surface area (Å²) in [6.45, 7) is 3.50. The summed E-state index contributed by atoms with van der Waals surface area (Å²) >= 11 is 12.0. The first-order valence-corrected chi connectivity index (χ1v) is 10.4. The molecule has 0 saturated carbocycles. The molecule has 2 N–H and O–H groups in total. The van der Waals surface area contributed by atoms with Crippen LogP contribution in [0, 0.1) is 13.8 Å². The van der Waals surface area contributed by atoms with Crippen LogP contribution < -0.4 is 10.7 Å². The smallest absolute Gasteiger partial charge is 0.291 e. The van der Waals surface area contributed by atoms with Gasteiger partial charge in [0.05, 0.1) is 17.5 Å². The number of anilines is 1. The zero-order valence-corrected chi connectivity index (χ0v) is 18.4. The highest BCUT2D eigenvalue weighted by molar-refractivity contribution is 6.35. The number of amides is 2. The van der Waals surface area contributed by atoms with Gasteiger partial charge in [0, 0.05) is 33.3 Å². The maximum absolute atomic E-state index is 12.8. The molecule has 2 heterocycles. The maximum Gasteiger partial charge on any atom is 0.291 e. The zero-order chi connectivity index (χ0) is 22.1. The molecule has 1 aromatic carbocycles. The summed E-state index contributed by atoms with van der Waals surface area (Å²) in [5, 5.41) is 7.90. The number of carbonyl (C=O) groups is 2. The third-order valence-corrected chi connectivity index (χ3v) is 5.48. The van der Waals surface area contributed by atoms with Crippen molar-refractivity contribution in [1.29, 1.82) is 0 Å². The van der Waals surface area contributed by atoms with Crippen molar-refractivity contribution in [3.63, 3.8) is 0 Å². The van der Waals surface area contributed by atoms with E-state index < -0.39 is 5.91 Å². The fraction of sp³-hybridized carbons (Fsp3) is 0.227. The summed E-state index contributed by atoms with van der Waals surface area (Å²) in [7, 11) is 0. The number of furan rings is 2. The van der Waals surface area contributed by atoms with E-state index in [1.807, 2.05) is 0 Å². The Balaban J connectivity index is 1.58. The molecule has 160 valence electrons. The lowest BCUT2D eigenvalue weighted by atomic mass is 9.93. The summed E-state index contributed by atoms with van der Waals surface area (Å²) in [5.74, 6) is 0.602. The number of nitrogens with zero attached hydrogens (tertiary/aromatic N) is 1. The van der Waals surface area contributed by atoms with Gasteiger partial charge in [0.25, 0.3) is 11.8 Å². The van der Waals surface area contributed by atoms with Gasteiger partial charge in [-0.05, 0) is 51.0 Å². The molecule has 1 aliphatic rings. The highest BCUT2D eigenvalue weighted by Gasteiger charge is 2.28. The van der Waals surface area contributed by atoms with Crippen LogP contribution in [0.4, 0.5) is 5.69 Å². The van der Waals surface area contributed by atoms with Crippen molar-refractivity contribution in [3.05, 3.63) is 74.5 Å². The predicted molar refractivity (Wildman–Crippen MR) is 118 cm³/mol. The SMILES string of the molecule is Cc1occc1C(=O)N/N=C1\CCCc2oc(C(=O)Nc3cc(Cl)cc(Cl)c3)c(C)c21. The maximum atomic E-state index is 12.8. The number of aryl methyl sites for hydroxylation is 2.